The highest BCUT2D eigenvalue weighted by atomic mass is 32.2. The largest absolute Gasteiger partial charge is 0.334 e. The zero-order chi connectivity index (χ0) is 24.0. The van der Waals surface area contributed by atoms with Crippen molar-refractivity contribution in [3.63, 3.8) is 0 Å². The van der Waals surface area contributed by atoms with Crippen LogP contribution in [0.15, 0.2) is 53.4 Å². The fourth-order valence-corrected chi connectivity index (χ4v) is 5.18. The smallest absolute Gasteiger partial charge is 0.243 e. The molecule has 9 heteroatoms. The molecule has 1 N–H and O–H groups in total. The Morgan fingerprint density at radius 1 is 1.00 bits per heavy atom. The van der Waals surface area contributed by atoms with Crippen LogP contribution in [0.4, 0.5) is 10.1 Å². The van der Waals surface area contributed by atoms with Crippen molar-refractivity contribution < 1.29 is 22.4 Å². The van der Waals surface area contributed by atoms with Crippen LogP contribution in [0.5, 0.6) is 0 Å². The van der Waals surface area contributed by atoms with Gasteiger partial charge in [-0.2, -0.15) is 4.31 Å². The van der Waals surface area contributed by atoms with Gasteiger partial charge >= 0.3 is 0 Å². The monoisotopic (exact) mass is 475 g/mol. The molecule has 0 aliphatic heterocycles. The van der Waals surface area contributed by atoms with E-state index in [4.69, 9.17) is 0 Å². The molecule has 0 aromatic heterocycles. The lowest BCUT2D eigenvalue weighted by atomic mass is 9.93. The summed E-state index contributed by atoms with van der Waals surface area (Å²) in [5.41, 5.74) is 1.29. The molecule has 1 saturated carbocycles. The minimum absolute atomic E-state index is 0.0318. The topological polar surface area (TPSA) is 86.8 Å². The first-order valence-corrected chi connectivity index (χ1v) is 12.5. The summed E-state index contributed by atoms with van der Waals surface area (Å²) in [6.07, 6.45) is 4.90. The number of nitrogens with zero attached hydrogens (tertiary/aromatic N) is 2. The Balaban J connectivity index is 1.75. The molecule has 0 spiro atoms. The first kappa shape index (κ1) is 24.9. The number of halogens is 1. The molecule has 0 saturated heterocycles. The second kappa shape index (κ2) is 10.9. The maximum Gasteiger partial charge on any atom is 0.243 e. The van der Waals surface area contributed by atoms with E-state index in [9.17, 15) is 22.4 Å². The summed E-state index contributed by atoms with van der Waals surface area (Å²) in [7, 11) is -2.52. The highest BCUT2D eigenvalue weighted by Crippen LogP contribution is 2.25. The number of hydrogen-bond acceptors (Lipinski definition) is 4. The molecule has 33 heavy (non-hydrogen) atoms. The highest BCUT2D eigenvalue weighted by Gasteiger charge is 2.29. The summed E-state index contributed by atoms with van der Waals surface area (Å²) < 4.78 is 40.4. The Hall–Kier alpha value is -2.78. The average molecular weight is 476 g/mol. The van der Waals surface area contributed by atoms with Crippen LogP contribution < -0.4 is 5.32 Å². The third kappa shape index (κ3) is 6.61. The quantitative estimate of drug-likeness (QED) is 0.630. The summed E-state index contributed by atoms with van der Waals surface area (Å²) >= 11 is 0. The number of likely N-dealkylation sites (N-methyl/N-ethyl adjacent to an activating group) is 1. The molecule has 0 unspecified atom stereocenters. The predicted octanol–water partition coefficient (Wildman–Crippen LogP) is 3.77. The third-order valence-corrected chi connectivity index (χ3v) is 7.66. The number of anilines is 1. The summed E-state index contributed by atoms with van der Waals surface area (Å²) in [6.45, 7) is 1.38. The standard InChI is InChI=1S/C24H30FN3O4S/c1-18(29)26-21-12-14-23(15-13-21)33(31,32)27(2)17-24(30)28(22-6-4-3-5-7-22)16-19-8-10-20(25)11-9-19/h8-15,22H,3-7,16-17H2,1-2H3,(H,26,29). The van der Waals surface area contributed by atoms with E-state index in [1.165, 1.54) is 50.4 Å². The molecule has 0 radical (unpaired) electrons. The molecular weight excluding hydrogens is 445 g/mol. The maximum atomic E-state index is 13.3. The molecule has 1 fully saturated rings. The molecule has 7 nitrogen and oxygen atoms in total. The number of benzene rings is 2. The van der Waals surface area contributed by atoms with E-state index < -0.39 is 10.0 Å². The van der Waals surface area contributed by atoms with E-state index in [1.54, 1.807) is 17.0 Å². The summed E-state index contributed by atoms with van der Waals surface area (Å²) in [5, 5.41) is 2.59. The first-order valence-electron chi connectivity index (χ1n) is 11.0. The number of sulfonamides is 1. The minimum Gasteiger partial charge on any atom is -0.334 e. The highest BCUT2D eigenvalue weighted by molar-refractivity contribution is 7.89. The first-order chi connectivity index (χ1) is 15.7. The zero-order valence-corrected chi connectivity index (χ0v) is 19.8. The Morgan fingerprint density at radius 2 is 1.61 bits per heavy atom. The minimum atomic E-state index is -3.90. The summed E-state index contributed by atoms with van der Waals surface area (Å²) in [4.78, 5) is 26.2. The molecule has 2 aromatic rings. The number of amides is 2. The van der Waals surface area contributed by atoms with Crippen molar-refractivity contribution in [1.29, 1.82) is 0 Å². The lowest BCUT2D eigenvalue weighted by molar-refractivity contribution is -0.135. The molecule has 0 bridgehead atoms. The maximum absolute atomic E-state index is 13.3. The van der Waals surface area contributed by atoms with Crippen LogP contribution in [0.25, 0.3) is 0 Å². The van der Waals surface area contributed by atoms with Gasteiger partial charge in [0.05, 0.1) is 11.4 Å². The molecule has 178 valence electrons. The predicted molar refractivity (Wildman–Crippen MR) is 124 cm³/mol. The molecular formula is C24H30FN3O4S. The summed E-state index contributed by atoms with van der Waals surface area (Å²) in [5.74, 6) is -0.880. The van der Waals surface area contributed by atoms with E-state index in [0.717, 1.165) is 42.0 Å². The van der Waals surface area contributed by atoms with E-state index in [0.29, 0.717) is 12.2 Å². The fourth-order valence-electron chi connectivity index (χ4n) is 4.06. The zero-order valence-electron chi connectivity index (χ0n) is 19.0. The van der Waals surface area contributed by atoms with Crippen LogP contribution in [-0.4, -0.2) is 49.1 Å². The van der Waals surface area contributed by atoms with Gasteiger partial charge in [-0.3, -0.25) is 9.59 Å². The Bertz CT molecular complexity index is 1070. The Kier molecular flexibility index (Phi) is 8.20. The molecule has 2 amide bonds. The van der Waals surface area contributed by atoms with Crippen LogP contribution in [-0.2, 0) is 26.2 Å². The van der Waals surface area contributed by atoms with Gasteiger partial charge in [0, 0.05) is 32.2 Å². The second-order valence-electron chi connectivity index (χ2n) is 8.41. The van der Waals surface area contributed by atoms with Gasteiger partial charge < -0.3 is 10.2 Å². The third-order valence-electron chi connectivity index (χ3n) is 5.84. The van der Waals surface area contributed by atoms with Crippen molar-refractivity contribution >= 4 is 27.5 Å². The molecule has 1 aliphatic rings. The van der Waals surface area contributed by atoms with Crippen LogP contribution in [0.3, 0.4) is 0 Å². The van der Waals surface area contributed by atoms with Gasteiger partial charge in [0.25, 0.3) is 0 Å². The number of hydrogen-bond donors (Lipinski definition) is 1. The fraction of sp³-hybridized carbons (Fsp3) is 0.417. The van der Waals surface area contributed by atoms with Crippen molar-refractivity contribution in [1.82, 2.24) is 9.21 Å². The van der Waals surface area contributed by atoms with Crippen LogP contribution in [0, 0.1) is 5.82 Å². The van der Waals surface area contributed by atoms with Crippen molar-refractivity contribution in [2.75, 3.05) is 18.9 Å². The van der Waals surface area contributed by atoms with Crippen molar-refractivity contribution in [3.05, 3.63) is 59.9 Å². The van der Waals surface area contributed by atoms with Gasteiger partial charge in [-0.1, -0.05) is 31.4 Å². The molecule has 1 aliphatic carbocycles. The van der Waals surface area contributed by atoms with E-state index in [2.05, 4.69) is 5.32 Å². The van der Waals surface area contributed by atoms with Gasteiger partial charge in [-0.25, -0.2) is 12.8 Å². The number of rotatable bonds is 8. The molecule has 2 aromatic carbocycles. The van der Waals surface area contributed by atoms with Gasteiger partial charge in [-0.05, 0) is 54.8 Å². The lowest BCUT2D eigenvalue weighted by Gasteiger charge is -2.35. The summed E-state index contributed by atoms with van der Waals surface area (Å²) in [6, 6.07) is 11.9. The van der Waals surface area contributed by atoms with Gasteiger partial charge in [-0.15, -0.1) is 0 Å². The van der Waals surface area contributed by atoms with Crippen molar-refractivity contribution in [2.45, 2.75) is 56.5 Å². The van der Waals surface area contributed by atoms with Crippen molar-refractivity contribution in [3.8, 4) is 0 Å². The van der Waals surface area contributed by atoms with E-state index in [-0.39, 0.29) is 35.1 Å². The molecule has 0 heterocycles. The number of carbonyl (C=O) groups is 2. The molecule has 3 rings (SSSR count). The van der Waals surface area contributed by atoms with Crippen molar-refractivity contribution in [2.24, 2.45) is 0 Å². The Morgan fingerprint density at radius 3 is 2.18 bits per heavy atom. The second-order valence-corrected chi connectivity index (χ2v) is 10.5. The SMILES string of the molecule is CC(=O)Nc1ccc(S(=O)(=O)N(C)CC(=O)N(Cc2ccc(F)cc2)C2CCCCC2)cc1. The van der Waals surface area contributed by atoms with Crippen LogP contribution in [0.2, 0.25) is 0 Å². The number of nitrogens with one attached hydrogen (secondary N) is 1. The molecule has 0 atom stereocenters. The lowest BCUT2D eigenvalue weighted by Crippen LogP contribution is -2.46. The van der Waals surface area contributed by atoms with Crippen LogP contribution >= 0.6 is 0 Å². The normalized spacial score (nSPS) is 14.8. The number of carbonyl (C=O) groups excluding carboxylic acids is 2. The van der Waals surface area contributed by atoms with E-state index in [1.807, 2.05) is 0 Å². The van der Waals surface area contributed by atoms with Gasteiger partial charge in [0.1, 0.15) is 5.82 Å². The van der Waals surface area contributed by atoms with Crippen LogP contribution in [0.1, 0.15) is 44.6 Å². The van der Waals surface area contributed by atoms with Gasteiger partial charge in [0.15, 0.2) is 0 Å². The van der Waals surface area contributed by atoms with Gasteiger partial charge in [0.2, 0.25) is 21.8 Å². The van der Waals surface area contributed by atoms with E-state index >= 15 is 0 Å². The Labute approximate surface area is 194 Å². The average Bonchev–Trinajstić information content (AvgIpc) is 2.79.